The van der Waals surface area contributed by atoms with Gasteiger partial charge < -0.3 is 15.3 Å². The predicted molar refractivity (Wildman–Crippen MR) is 111 cm³/mol. The van der Waals surface area contributed by atoms with E-state index in [9.17, 15) is 9.90 Å². The number of fused-ring (bicyclic) bond motifs is 3. The third-order valence-electron chi connectivity index (χ3n) is 6.50. The number of hydrogen-bond acceptors (Lipinski definition) is 4. The van der Waals surface area contributed by atoms with Crippen molar-refractivity contribution >= 4 is 17.7 Å². The molecule has 1 aliphatic carbocycles. The van der Waals surface area contributed by atoms with Crippen molar-refractivity contribution in [2.75, 3.05) is 20.6 Å². The molecule has 3 aliphatic rings. The van der Waals surface area contributed by atoms with Crippen molar-refractivity contribution in [1.82, 2.24) is 10.2 Å². The summed E-state index contributed by atoms with van der Waals surface area (Å²) in [5, 5.41) is 16.2. The normalized spacial score (nSPS) is 36.3. The number of aliphatic hydroxyl groups is 1. The molecule has 0 aromatic heterocycles. The number of aliphatic hydroxyl groups excluding tert-OH is 1. The fourth-order valence-corrected chi connectivity index (χ4v) is 6.38. The summed E-state index contributed by atoms with van der Waals surface area (Å²) in [5.41, 5.74) is 2.54. The summed E-state index contributed by atoms with van der Waals surface area (Å²) < 4.78 is 0. The summed E-state index contributed by atoms with van der Waals surface area (Å²) in [5.74, 6) is 1.22. The highest BCUT2D eigenvalue weighted by Crippen LogP contribution is 2.50. The van der Waals surface area contributed by atoms with E-state index in [4.69, 9.17) is 0 Å². The Morgan fingerprint density at radius 1 is 1.26 bits per heavy atom. The van der Waals surface area contributed by atoms with Gasteiger partial charge in [0.15, 0.2) is 0 Å². The third-order valence-corrected chi connectivity index (χ3v) is 7.64. The number of benzene rings is 1. The largest absolute Gasteiger partial charge is 0.392 e. The Morgan fingerprint density at radius 2 is 2.00 bits per heavy atom. The van der Waals surface area contributed by atoms with Gasteiger partial charge in [0.25, 0.3) is 0 Å². The molecule has 1 aromatic carbocycles. The minimum absolute atomic E-state index is 0.0292. The number of likely N-dealkylation sites (N-methyl/N-ethyl adjacent to an activating group) is 1. The highest BCUT2D eigenvalue weighted by Gasteiger charge is 2.51. The molecule has 2 N–H and O–H groups in total. The Balaban J connectivity index is 1.61. The number of amides is 1. The van der Waals surface area contributed by atoms with Gasteiger partial charge in [-0.25, -0.2) is 0 Å². The van der Waals surface area contributed by atoms with Crippen LogP contribution in [0.2, 0.25) is 0 Å². The number of rotatable bonds is 4. The van der Waals surface area contributed by atoms with E-state index in [0.29, 0.717) is 5.92 Å². The number of carbonyl (C=O) groups is 1. The van der Waals surface area contributed by atoms with Gasteiger partial charge in [-0.1, -0.05) is 37.3 Å². The average molecular weight is 387 g/mol. The predicted octanol–water partition coefficient (Wildman–Crippen LogP) is 2.95. The van der Waals surface area contributed by atoms with Gasteiger partial charge in [-0.05, 0) is 55.3 Å². The molecule has 2 heterocycles. The second-order valence-corrected chi connectivity index (χ2v) is 9.71. The molecular formula is C22H30N2O2S. The number of nitrogens with one attached hydrogen (secondary N) is 1. The van der Waals surface area contributed by atoms with E-state index < -0.39 is 0 Å². The van der Waals surface area contributed by atoms with Crippen molar-refractivity contribution in [2.24, 2.45) is 11.8 Å². The zero-order valence-electron chi connectivity index (χ0n) is 16.3. The lowest BCUT2D eigenvalue weighted by atomic mass is 9.63. The Hall–Kier alpha value is -1.30. The first-order valence-electron chi connectivity index (χ1n) is 10.0. The van der Waals surface area contributed by atoms with Crippen molar-refractivity contribution in [3.05, 3.63) is 46.9 Å². The van der Waals surface area contributed by atoms with E-state index in [-0.39, 0.29) is 41.1 Å². The van der Waals surface area contributed by atoms with Crippen molar-refractivity contribution in [3.63, 3.8) is 0 Å². The number of thioether (sulfide) groups is 1. The molecule has 146 valence electrons. The van der Waals surface area contributed by atoms with Crippen LogP contribution in [0.15, 0.2) is 35.7 Å². The molecule has 4 rings (SSSR count). The van der Waals surface area contributed by atoms with Crippen molar-refractivity contribution < 1.29 is 9.90 Å². The molecule has 27 heavy (non-hydrogen) atoms. The number of hydrogen-bond donors (Lipinski definition) is 2. The molecular weight excluding hydrogens is 356 g/mol. The monoisotopic (exact) mass is 386 g/mol. The van der Waals surface area contributed by atoms with E-state index in [0.717, 1.165) is 19.4 Å². The van der Waals surface area contributed by atoms with E-state index in [1.807, 2.05) is 0 Å². The minimum atomic E-state index is -0.342. The van der Waals surface area contributed by atoms with Gasteiger partial charge in [-0.2, -0.15) is 0 Å². The third kappa shape index (κ3) is 3.57. The van der Waals surface area contributed by atoms with Crippen molar-refractivity contribution in [2.45, 2.75) is 49.0 Å². The molecule has 0 radical (unpaired) electrons. The molecule has 0 bridgehead atoms. The summed E-state index contributed by atoms with van der Waals surface area (Å²) in [6.07, 6.45) is 3.47. The van der Waals surface area contributed by atoms with E-state index in [1.54, 1.807) is 11.8 Å². The lowest BCUT2D eigenvalue weighted by Crippen LogP contribution is -2.59. The second kappa shape index (κ2) is 7.61. The molecule has 5 heteroatoms. The topological polar surface area (TPSA) is 52.6 Å². The summed E-state index contributed by atoms with van der Waals surface area (Å²) in [6.45, 7) is 3.27. The van der Waals surface area contributed by atoms with Crippen LogP contribution in [-0.2, 0) is 4.79 Å². The first-order valence-corrected chi connectivity index (χ1v) is 10.9. The SMILES string of the molecule is C[C@@H](CN(C)C)c1ccc(C2C(O)CCC3NC(=O)C4SC=CC4C32)cc1. The molecule has 4 nitrogen and oxygen atoms in total. The van der Waals surface area contributed by atoms with Crippen LogP contribution >= 0.6 is 11.8 Å². The smallest absolute Gasteiger partial charge is 0.234 e. The van der Waals surface area contributed by atoms with Crippen molar-refractivity contribution in [3.8, 4) is 0 Å². The minimum Gasteiger partial charge on any atom is -0.392 e. The van der Waals surface area contributed by atoms with Gasteiger partial charge in [0.05, 0.1) is 11.4 Å². The van der Waals surface area contributed by atoms with E-state index in [2.05, 4.69) is 67.0 Å². The summed E-state index contributed by atoms with van der Waals surface area (Å²) >= 11 is 1.62. The van der Waals surface area contributed by atoms with Gasteiger partial charge in [0.1, 0.15) is 0 Å². The van der Waals surface area contributed by atoms with Crippen LogP contribution < -0.4 is 5.32 Å². The van der Waals surface area contributed by atoms with E-state index in [1.165, 1.54) is 11.1 Å². The highest BCUT2D eigenvalue weighted by atomic mass is 32.2. The molecule has 0 spiro atoms. The standard InChI is InChI=1S/C22H30N2O2S/c1-13(12-24(2)3)14-4-6-15(7-5-14)19-18(25)9-8-17-20(19)16-10-11-27-21(16)22(26)23-17/h4-7,10-11,13,16-21,25H,8-9,12H2,1-3H3,(H,23,26)/t13-,16?,17?,18?,19?,20?,21?/m0/s1. The zero-order valence-corrected chi connectivity index (χ0v) is 17.2. The van der Waals surface area contributed by atoms with Gasteiger partial charge in [-0.3, -0.25) is 4.79 Å². The lowest BCUT2D eigenvalue weighted by Gasteiger charge is -2.48. The van der Waals surface area contributed by atoms with Crippen LogP contribution in [0.25, 0.3) is 0 Å². The first-order chi connectivity index (χ1) is 13.0. The number of allylic oxidation sites excluding steroid dienone is 1. The summed E-state index contributed by atoms with van der Waals surface area (Å²) in [6, 6.07) is 9.02. The van der Waals surface area contributed by atoms with Crippen LogP contribution in [0.4, 0.5) is 0 Å². The fraction of sp³-hybridized carbons (Fsp3) is 0.591. The van der Waals surface area contributed by atoms with Crippen LogP contribution in [0.3, 0.4) is 0 Å². The molecule has 1 amide bonds. The maximum Gasteiger partial charge on any atom is 0.234 e. The number of nitrogens with zero attached hydrogens (tertiary/aromatic N) is 1. The maximum atomic E-state index is 12.4. The molecule has 1 saturated heterocycles. The molecule has 1 saturated carbocycles. The van der Waals surface area contributed by atoms with Crippen molar-refractivity contribution in [1.29, 1.82) is 0 Å². The van der Waals surface area contributed by atoms with Gasteiger partial charge in [-0.15, -0.1) is 11.8 Å². The number of carbonyl (C=O) groups excluding carboxylic acids is 1. The zero-order chi connectivity index (χ0) is 19.1. The first kappa shape index (κ1) is 19.0. The Bertz CT molecular complexity index is 718. The molecule has 6 unspecified atom stereocenters. The van der Waals surface area contributed by atoms with Gasteiger partial charge in [0, 0.05) is 24.4 Å². The molecule has 7 atom stereocenters. The maximum absolute atomic E-state index is 12.4. The molecule has 2 aliphatic heterocycles. The van der Waals surface area contributed by atoms with Crippen LogP contribution in [-0.4, -0.2) is 53.9 Å². The number of piperidine rings is 1. The Morgan fingerprint density at radius 3 is 2.70 bits per heavy atom. The highest BCUT2D eigenvalue weighted by molar-refractivity contribution is 8.03. The Labute approximate surface area is 166 Å². The summed E-state index contributed by atoms with van der Waals surface area (Å²) in [7, 11) is 4.20. The molecule has 1 aromatic rings. The quantitative estimate of drug-likeness (QED) is 0.835. The average Bonchev–Trinajstić information content (AvgIpc) is 3.12. The van der Waals surface area contributed by atoms with Crippen LogP contribution in [0, 0.1) is 11.8 Å². The lowest BCUT2D eigenvalue weighted by molar-refractivity contribution is -0.126. The fourth-order valence-electron chi connectivity index (χ4n) is 5.29. The van der Waals surface area contributed by atoms with Gasteiger partial charge in [0.2, 0.25) is 5.91 Å². The van der Waals surface area contributed by atoms with Crippen LogP contribution in [0.5, 0.6) is 0 Å². The second-order valence-electron chi connectivity index (χ2n) is 8.66. The van der Waals surface area contributed by atoms with Crippen LogP contribution in [0.1, 0.15) is 42.7 Å². The molecule has 2 fully saturated rings. The summed E-state index contributed by atoms with van der Waals surface area (Å²) in [4.78, 5) is 14.6. The van der Waals surface area contributed by atoms with Gasteiger partial charge >= 0.3 is 0 Å². The Kier molecular flexibility index (Phi) is 5.36. The van der Waals surface area contributed by atoms with E-state index >= 15 is 0 Å².